The van der Waals surface area contributed by atoms with E-state index in [4.69, 9.17) is 4.74 Å². The van der Waals surface area contributed by atoms with Crippen molar-refractivity contribution in [2.75, 3.05) is 13.2 Å². The topological polar surface area (TPSA) is 127 Å². The molecular formula is C20H30O7. The first-order chi connectivity index (χ1) is 12.6. The van der Waals surface area contributed by atoms with Crippen LogP contribution in [0.15, 0.2) is 0 Å². The third-order valence-electron chi connectivity index (χ3n) is 9.27. The van der Waals surface area contributed by atoms with E-state index in [1.807, 2.05) is 13.8 Å². The van der Waals surface area contributed by atoms with Gasteiger partial charge in [-0.2, -0.15) is 0 Å². The van der Waals surface area contributed by atoms with Crippen molar-refractivity contribution < 1.29 is 35.1 Å². The van der Waals surface area contributed by atoms with Crippen molar-refractivity contribution in [1.82, 2.24) is 0 Å². The van der Waals surface area contributed by atoms with Gasteiger partial charge in [0.15, 0.2) is 5.78 Å². The fraction of sp³-hybridized carbons (Fsp3) is 0.950. The van der Waals surface area contributed by atoms with Crippen LogP contribution in [0.5, 0.6) is 0 Å². The standard InChI is InChI=1S/C20H30O7/c1-17(2)6-5-12(22)18-8-27-20(26,16(25)13(17)18)19-11(18)4-3-9(14(19)23)10(7-21)15(19)24/h9-14,16,21-23,25-26H,3-8H2,1-2H3. The second-order valence-corrected chi connectivity index (χ2v) is 10.3. The Kier molecular flexibility index (Phi) is 3.50. The number of hydrogen-bond donors (Lipinski definition) is 5. The van der Waals surface area contributed by atoms with Crippen LogP contribution >= 0.6 is 0 Å². The monoisotopic (exact) mass is 382 g/mol. The van der Waals surface area contributed by atoms with E-state index in [2.05, 4.69) is 0 Å². The van der Waals surface area contributed by atoms with Gasteiger partial charge in [0.2, 0.25) is 5.79 Å². The van der Waals surface area contributed by atoms with Crippen molar-refractivity contribution in [3.8, 4) is 0 Å². The average molecular weight is 382 g/mol. The van der Waals surface area contributed by atoms with Gasteiger partial charge in [0.1, 0.15) is 11.5 Å². The number of hydrogen-bond acceptors (Lipinski definition) is 7. The van der Waals surface area contributed by atoms with Crippen molar-refractivity contribution in [2.24, 2.45) is 39.9 Å². The van der Waals surface area contributed by atoms with E-state index in [1.54, 1.807) is 0 Å². The summed E-state index contributed by atoms with van der Waals surface area (Å²) in [4.78, 5) is 13.5. The number of Topliss-reactive ketones (excluding diaryl/α,β-unsaturated/α-hetero) is 1. The van der Waals surface area contributed by atoms with E-state index in [-0.39, 0.29) is 12.0 Å². The number of ketones is 1. The molecule has 0 aromatic rings. The van der Waals surface area contributed by atoms with Crippen molar-refractivity contribution >= 4 is 5.78 Å². The summed E-state index contributed by atoms with van der Waals surface area (Å²) in [7, 11) is 0. The highest BCUT2D eigenvalue weighted by molar-refractivity contribution is 5.93. The first-order valence-electron chi connectivity index (χ1n) is 10.2. The first-order valence-corrected chi connectivity index (χ1v) is 10.2. The fourth-order valence-electron chi connectivity index (χ4n) is 8.31. The van der Waals surface area contributed by atoms with Crippen LogP contribution in [0.25, 0.3) is 0 Å². The largest absolute Gasteiger partial charge is 0.396 e. The van der Waals surface area contributed by atoms with E-state index >= 15 is 0 Å². The van der Waals surface area contributed by atoms with Gasteiger partial charge in [0.25, 0.3) is 0 Å². The van der Waals surface area contributed by atoms with Gasteiger partial charge >= 0.3 is 0 Å². The molecule has 2 aliphatic heterocycles. The van der Waals surface area contributed by atoms with Gasteiger partial charge in [-0.15, -0.1) is 0 Å². The molecule has 4 saturated carbocycles. The molecule has 0 aromatic carbocycles. The number of carbonyl (C=O) groups is 1. The second kappa shape index (κ2) is 5.12. The van der Waals surface area contributed by atoms with E-state index < -0.39 is 71.0 Å². The Balaban J connectivity index is 1.78. The van der Waals surface area contributed by atoms with Gasteiger partial charge in [-0.1, -0.05) is 13.8 Å². The van der Waals surface area contributed by atoms with E-state index in [0.717, 1.165) is 0 Å². The van der Waals surface area contributed by atoms with Gasteiger partial charge < -0.3 is 30.3 Å². The molecule has 6 rings (SSSR count). The molecule has 7 nitrogen and oxygen atoms in total. The Morgan fingerprint density at radius 3 is 2.48 bits per heavy atom. The molecule has 5 N–H and O–H groups in total. The van der Waals surface area contributed by atoms with Gasteiger partial charge in [0.05, 0.1) is 25.4 Å². The summed E-state index contributed by atoms with van der Waals surface area (Å²) in [5.74, 6) is -4.76. The van der Waals surface area contributed by atoms with Gasteiger partial charge in [-0.25, -0.2) is 0 Å². The molecule has 152 valence electrons. The van der Waals surface area contributed by atoms with Crippen molar-refractivity contribution in [1.29, 1.82) is 0 Å². The zero-order valence-electron chi connectivity index (χ0n) is 15.8. The highest BCUT2D eigenvalue weighted by atomic mass is 16.6. The summed E-state index contributed by atoms with van der Waals surface area (Å²) < 4.78 is 5.81. The maximum Gasteiger partial charge on any atom is 0.208 e. The lowest BCUT2D eigenvalue weighted by Crippen LogP contribution is -2.85. The lowest BCUT2D eigenvalue weighted by Gasteiger charge is -2.74. The third-order valence-corrected chi connectivity index (χ3v) is 9.27. The number of carbonyl (C=O) groups excluding carboxylic acids is 1. The molecule has 4 bridgehead atoms. The number of ether oxygens (including phenoxy) is 1. The molecule has 0 amide bonds. The summed E-state index contributed by atoms with van der Waals surface area (Å²) in [6.07, 6.45) is -1.02. The molecule has 6 aliphatic rings. The van der Waals surface area contributed by atoms with Crippen molar-refractivity contribution in [3.05, 3.63) is 0 Å². The van der Waals surface area contributed by atoms with Gasteiger partial charge in [-0.05, 0) is 42.9 Å². The third kappa shape index (κ3) is 1.63. The SMILES string of the molecule is CC1(C)CCC(O)C23COC(O)(C(O)C12)C12C(=O)C(CO)C(CCC31)C2O. The average Bonchev–Trinajstić information content (AvgIpc) is 2.74. The lowest BCUT2D eigenvalue weighted by atomic mass is 9.35. The first kappa shape index (κ1) is 18.5. The van der Waals surface area contributed by atoms with Crippen LogP contribution in [0.2, 0.25) is 0 Å². The Bertz CT molecular complexity index is 694. The van der Waals surface area contributed by atoms with Crippen molar-refractivity contribution in [2.45, 2.75) is 63.6 Å². The number of fused-ring (bicyclic) bond motifs is 2. The summed E-state index contributed by atoms with van der Waals surface area (Å²) in [5, 5.41) is 55.2. The van der Waals surface area contributed by atoms with Gasteiger partial charge in [0, 0.05) is 17.3 Å². The van der Waals surface area contributed by atoms with Crippen LogP contribution < -0.4 is 0 Å². The Hall–Kier alpha value is -0.570. The van der Waals surface area contributed by atoms with Gasteiger partial charge in [-0.3, -0.25) is 4.79 Å². The zero-order valence-corrected chi connectivity index (χ0v) is 15.8. The molecule has 0 radical (unpaired) electrons. The predicted molar refractivity (Wildman–Crippen MR) is 92.1 cm³/mol. The molecular weight excluding hydrogens is 352 g/mol. The Morgan fingerprint density at radius 1 is 1.11 bits per heavy atom. The minimum atomic E-state index is -2.20. The minimum Gasteiger partial charge on any atom is -0.396 e. The molecule has 7 heteroatoms. The Labute approximate surface area is 158 Å². The van der Waals surface area contributed by atoms with Crippen molar-refractivity contribution in [3.63, 3.8) is 0 Å². The molecule has 6 fully saturated rings. The maximum absolute atomic E-state index is 13.5. The number of aliphatic hydroxyl groups is 5. The molecule has 0 aromatic heterocycles. The molecule has 10 atom stereocenters. The van der Waals surface area contributed by atoms with Crippen LogP contribution in [0.1, 0.15) is 39.5 Å². The predicted octanol–water partition coefficient (Wildman–Crippen LogP) is -0.572. The number of rotatable bonds is 1. The smallest absolute Gasteiger partial charge is 0.208 e. The normalized spacial score (nSPS) is 60.9. The second-order valence-electron chi connectivity index (χ2n) is 10.3. The highest BCUT2D eigenvalue weighted by Gasteiger charge is 2.87. The number of aliphatic hydroxyl groups excluding tert-OH is 4. The minimum absolute atomic E-state index is 0.0662. The van der Waals surface area contributed by atoms with E-state index in [1.165, 1.54) is 0 Å². The van der Waals surface area contributed by atoms with Crippen LogP contribution in [-0.2, 0) is 9.53 Å². The summed E-state index contributed by atoms with van der Waals surface area (Å²) >= 11 is 0. The molecule has 2 saturated heterocycles. The van der Waals surface area contributed by atoms with E-state index in [0.29, 0.717) is 25.7 Å². The zero-order chi connectivity index (χ0) is 19.6. The van der Waals surface area contributed by atoms with Crippen LogP contribution in [0, 0.1) is 39.9 Å². The molecule has 2 spiro atoms. The highest BCUT2D eigenvalue weighted by Crippen LogP contribution is 2.76. The summed E-state index contributed by atoms with van der Waals surface area (Å²) in [6.45, 7) is 3.73. The molecule has 4 aliphatic carbocycles. The van der Waals surface area contributed by atoms with E-state index in [9.17, 15) is 30.3 Å². The summed E-state index contributed by atoms with van der Waals surface area (Å²) in [6, 6.07) is 0. The molecule has 27 heavy (non-hydrogen) atoms. The Morgan fingerprint density at radius 2 is 1.81 bits per heavy atom. The lowest BCUT2D eigenvalue weighted by molar-refractivity contribution is -0.458. The maximum atomic E-state index is 13.5. The van der Waals surface area contributed by atoms with Crippen LogP contribution in [-0.4, -0.2) is 68.6 Å². The molecule has 2 heterocycles. The fourth-order valence-corrected chi connectivity index (χ4v) is 8.31. The van der Waals surface area contributed by atoms with Crippen LogP contribution in [0.4, 0.5) is 0 Å². The summed E-state index contributed by atoms with van der Waals surface area (Å²) in [5.41, 5.74) is -2.93. The van der Waals surface area contributed by atoms with Crippen LogP contribution in [0.3, 0.4) is 0 Å². The quantitative estimate of drug-likeness (QED) is 0.411. The molecule has 10 unspecified atom stereocenters.